The summed E-state index contributed by atoms with van der Waals surface area (Å²) in [7, 11) is 0. The highest BCUT2D eigenvalue weighted by atomic mass is 16.6. The van der Waals surface area contributed by atoms with Gasteiger partial charge in [0, 0.05) is 19.0 Å². The van der Waals surface area contributed by atoms with Gasteiger partial charge in [-0.1, -0.05) is 0 Å². The maximum atomic E-state index is 11.5. The second kappa shape index (κ2) is 2.63. The average molecular weight is 182 g/mol. The van der Waals surface area contributed by atoms with Gasteiger partial charge < -0.3 is 9.64 Å². The van der Waals surface area contributed by atoms with E-state index in [1.54, 1.807) is 4.90 Å². The van der Waals surface area contributed by atoms with Gasteiger partial charge in [0.1, 0.15) is 5.60 Å². The molecule has 1 amide bonds. The Labute approximate surface area is 79.0 Å². The van der Waals surface area contributed by atoms with Crippen molar-refractivity contribution >= 4 is 6.09 Å². The predicted molar refractivity (Wildman–Crippen MR) is 49.2 cm³/mol. The maximum Gasteiger partial charge on any atom is 0.410 e. The van der Waals surface area contributed by atoms with E-state index in [-0.39, 0.29) is 11.7 Å². The Morgan fingerprint density at radius 3 is 2.69 bits per heavy atom. The van der Waals surface area contributed by atoms with Crippen LogP contribution in [0.2, 0.25) is 0 Å². The van der Waals surface area contributed by atoms with Gasteiger partial charge in [0.25, 0.3) is 0 Å². The molecule has 1 saturated carbocycles. The normalized spacial score (nSPS) is 27.3. The molecule has 3 nitrogen and oxygen atoms in total. The van der Waals surface area contributed by atoms with Crippen LogP contribution in [0, 0.1) is 11.8 Å². The smallest absolute Gasteiger partial charge is 0.410 e. The molecule has 0 N–H and O–H groups in total. The second-order valence-electron chi connectivity index (χ2n) is 4.92. The molecule has 0 spiro atoms. The molecule has 1 heterocycles. The molecule has 73 valence electrons. The Morgan fingerprint density at radius 1 is 1.54 bits per heavy atom. The van der Waals surface area contributed by atoms with Crippen LogP contribution in [0.15, 0.2) is 0 Å². The molecular weight excluding hydrogens is 166 g/mol. The lowest BCUT2D eigenvalue weighted by Gasteiger charge is -2.25. The molecule has 0 aromatic carbocycles. The molecule has 1 unspecified atom stereocenters. The van der Waals surface area contributed by atoms with Crippen molar-refractivity contribution in [2.45, 2.75) is 32.8 Å². The number of carbonyl (C=O) groups is 1. The van der Waals surface area contributed by atoms with E-state index in [0.29, 0.717) is 5.92 Å². The van der Waals surface area contributed by atoms with E-state index in [1.807, 2.05) is 20.8 Å². The van der Waals surface area contributed by atoms with Gasteiger partial charge in [-0.05, 0) is 33.1 Å². The molecule has 13 heavy (non-hydrogen) atoms. The molecular formula is C10H16NO2. The number of rotatable bonds is 0. The van der Waals surface area contributed by atoms with Gasteiger partial charge in [-0.15, -0.1) is 0 Å². The van der Waals surface area contributed by atoms with Crippen molar-refractivity contribution in [1.29, 1.82) is 0 Å². The fourth-order valence-electron chi connectivity index (χ4n) is 1.69. The summed E-state index contributed by atoms with van der Waals surface area (Å²) in [4.78, 5) is 13.3. The molecule has 1 radical (unpaired) electrons. The van der Waals surface area contributed by atoms with E-state index in [2.05, 4.69) is 0 Å². The van der Waals surface area contributed by atoms with Gasteiger partial charge >= 0.3 is 6.09 Å². The van der Waals surface area contributed by atoms with Crippen molar-refractivity contribution in [3.8, 4) is 0 Å². The van der Waals surface area contributed by atoms with Gasteiger partial charge in [-0.2, -0.15) is 0 Å². The Morgan fingerprint density at radius 2 is 2.23 bits per heavy atom. The molecule has 2 rings (SSSR count). The molecule has 1 saturated heterocycles. The highest BCUT2D eigenvalue weighted by molar-refractivity contribution is 5.69. The van der Waals surface area contributed by atoms with Crippen LogP contribution in [0.1, 0.15) is 27.2 Å². The maximum absolute atomic E-state index is 11.5. The van der Waals surface area contributed by atoms with E-state index in [1.165, 1.54) is 12.3 Å². The van der Waals surface area contributed by atoms with Gasteiger partial charge in [0.05, 0.1) is 0 Å². The third kappa shape index (κ3) is 1.95. The summed E-state index contributed by atoms with van der Waals surface area (Å²) in [6, 6.07) is 0. The van der Waals surface area contributed by atoms with Crippen LogP contribution in [0.5, 0.6) is 0 Å². The van der Waals surface area contributed by atoms with E-state index >= 15 is 0 Å². The van der Waals surface area contributed by atoms with Crippen LogP contribution >= 0.6 is 0 Å². The first-order valence-electron chi connectivity index (χ1n) is 4.78. The molecule has 1 aliphatic carbocycles. The standard InChI is InChI=1S/C10H16NO2/c1-10(2,3)13-9(12)11-5-7-4-8(7)6-11/h7H,4-6H2,1-3H3. The minimum atomic E-state index is -0.367. The second-order valence-corrected chi connectivity index (χ2v) is 4.92. The van der Waals surface area contributed by atoms with Crippen LogP contribution in [-0.4, -0.2) is 29.7 Å². The lowest BCUT2D eigenvalue weighted by molar-refractivity contribution is 0.0282. The van der Waals surface area contributed by atoms with E-state index in [0.717, 1.165) is 13.1 Å². The molecule has 0 aromatic rings. The van der Waals surface area contributed by atoms with Gasteiger partial charge in [-0.25, -0.2) is 4.79 Å². The lowest BCUT2D eigenvalue weighted by atomic mass is 10.2. The molecule has 1 atom stereocenters. The average Bonchev–Trinajstić information content (AvgIpc) is 2.55. The first-order valence-corrected chi connectivity index (χ1v) is 4.78. The number of likely N-dealkylation sites (tertiary alicyclic amines) is 1. The minimum Gasteiger partial charge on any atom is -0.444 e. The zero-order valence-electron chi connectivity index (χ0n) is 8.46. The van der Waals surface area contributed by atoms with Crippen molar-refractivity contribution in [3.63, 3.8) is 0 Å². The van der Waals surface area contributed by atoms with Gasteiger partial charge in [-0.3, -0.25) is 0 Å². The zero-order valence-corrected chi connectivity index (χ0v) is 8.46. The number of fused-ring (bicyclic) bond motifs is 1. The van der Waals surface area contributed by atoms with E-state index < -0.39 is 0 Å². The topological polar surface area (TPSA) is 29.5 Å². The Bertz CT molecular complexity index is 222. The number of piperidine rings is 1. The third-order valence-electron chi connectivity index (χ3n) is 2.41. The monoisotopic (exact) mass is 182 g/mol. The predicted octanol–water partition coefficient (Wildman–Crippen LogP) is 1.83. The Hall–Kier alpha value is -0.730. The summed E-state index contributed by atoms with van der Waals surface area (Å²) >= 11 is 0. The van der Waals surface area contributed by atoms with Crippen molar-refractivity contribution < 1.29 is 9.53 Å². The van der Waals surface area contributed by atoms with Crippen molar-refractivity contribution in [3.05, 3.63) is 5.92 Å². The quantitative estimate of drug-likeness (QED) is 0.572. The van der Waals surface area contributed by atoms with Crippen LogP contribution in [0.3, 0.4) is 0 Å². The summed E-state index contributed by atoms with van der Waals surface area (Å²) in [6.45, 7) is 7.41. The SMILES string of the molecule is CC(C)(C)OC(=O)N1C[C]2CC2C1. The van der Waals surface area contributed by atoms with Crippen LogP contribution in [0.25, 0.3) is 0 Å². The lowest BCUT2D eigenvalue weighted by Crippen LogP contribution is -2.36. The summed E-state index contributed by atoms with van der Waals surface area (Å²) in [5.74, 6) is 2.22. The first kappa shape index (κ1) is 8.85. The summed E-state index contributed by atoms with van der Waals surface area (Å²) in [6.07, 6.45) is 1.08. The van der Waals surface area contributed by atoms with Crippen LogP contribution in [0.4, 0.5) is 4.79 Å². The number of hydrogen-bond acceptors (Lipinski definition) is 2. The molecule has 3 heteroatoms. The molecule has 0 aromatic heterocycles. The number of hydrogen-bond donors (Lipinski definition) is 0. The summed E-state index contributed by atoms with van der Waals surface area (Å²) in [5.41, 5.74) is -0.367. The molecule has 2 fully saturated rings. The van der Waals surface area contributed by atoms with E-state index in [9.17, 15) is 4.79 Å². The van der Waals surface area contributed by atoms with Crippen molar-refractivity contribution in [1.82, 2.24) is 4.90 Å². The van der Waals surface area contributed by atoms with E-state index in [4.69, 9.17) is 4.74 Å². The first-order chi connectivity index (χ1) is 5.96. The van der Waals surface area contributed by atoms with Crippen molar-refractivity contribution in [2.75, 3.05) is 13.1 Å². The highest BCUT2D eigenvalue weighted by Gasteiger charge is 2.48. The van der Waals surface area contributed by atoms with Crippen molar-refractivity contribution in [2.24, 2.45) is 5.92 Å². The number of ether oxygens (including phenoxy) is 1. The Kier molecular flexibility index (Phi) is 1.79. The highest BCUT2D eigenvalue weighted by Crippen LogP contribution is 2.47. The fourth-order valence-corrected chi connectivity index (χ4v) is 1.69. The summed E-state index contributed by atoms with van der Waals surface area (Å²) in [5, 5.41) is 0. The van der Waals surface area contributed by atoms with Crippen LogP contribution in [-0.2, 0) is 4.74 Å². The molecule has 2 aliphatic rings. The molecule has 1 aliphatic heterocycles. The Balaban J connectivity index is 1.84. The molecule has 0 bridgehead atoms. The number of amides is 1. The van der Waals surface area contributed by atoms with Gasteiger partial charge in [0.2, 0.25) is 0 Å². The number of carbonyl (C=O) groups excluding carboxylic acids is 1. The third-order valence-corrected chi connectivity index (χ3v) is 2.41. The fraction of sp³-hybridized carbons (Fsp3) is 0.800. The van der Waals surface area contributed by atoms with Crippen LogP contribution < -0.4 is 0 Å². The minimum absolute atomic E-state index is 0.160. The largest absolute Gasteiger partial charge is 0.444 e. The number of nitrogens with zero attached hydrogens (tertiary/aromatic N) is 1. The zero-order chi connectivity index (χ0) is 9.64. The van der Waals surface area contributed by atoms with Gasteiger partial charge in [0.15, 0.2) is 0 Å². The summed E-state index contributed by atoms with van der Waals surface area (Å²) < 4.78 is 5.26.